The van der Waals surface area contributed by atoms with Gasteiger partial charge >= 0.3 is 11.9 Å². The predicted molar refractivity (Wildman–Crippen MR) is 111 cm³/mol. The van der Waals surface area contributed by atoms with Gasteiger partial charge in [0, 0.05) is 0 Å². The van der Waals surface area contributed by atoms with Gasteiger partial charge in [-0.3, -0.25) is 0 Å². The van der Waals surface area contributed by atoms with Crippen molar-refractivity contribution in [3.63, 3.8) is 0 Å². The molecule has 3 aromatic rings. The van der Waals surface area contributed by atoms with Crippen LogP contribution in [0.5, 0.6) is 17.2 Å². The van der Waals surface area contributed by atoms with Crippen molar-refractivity contribution >= 4 is 11.9 Å². The molecule has 154 valence electrons. The average molecular weight is 406 g/mol. The van der Waals surface area contributed by atoms with E-state index in [1.807, 2.05) is 30.3 Å². The number of hydrogen-bond donors (Lipinski definition) is 0. The average Bonchev–Trinajstić information content (AvgIpc) is 2.78. The van der Waals surface area contributed by atoms with Crippen molar-refractivity contribution in [3.8, 4) is 17.2 Å². The molecule has 0 saturated heterocycles. The molecule has 0 aliphatic rings. The summed E-state index contributed by atoms with van der Waals surface area (Å²) in [7, 11) is 0. The highest BCUT2D eigenvalue weighted by Gasteiger charge is 2.17. The van der Waals surface area contributed by atoms with Crippen LogP contribution in [0.4, 0.5) is 0 Å². The Bertz CT molecular complexity index is 984. The molecule has 3 aromatic carbocycles. The number of esters is 2. The van der Waals surface area contributed by atoms with E-state index in [9.17, 15) is 9.59 Å². The SMILES string of the molecule is CCOC(=O)c1ccccc1OC(=O)c1cccc(OCCOc2ccccc2)c1. The van der Waals surface area contributed by atoms with Crippen LogP contribution in [0.2, 0.25) is 0 Å². The maximum absolute atomic E-state index is 12.6. The lowest BCUT2D eigenvalue weighted by molar-refractivity contribution is 0.0520. The molecule has 0 heterocycles. The van der Waals surface area contributed by atoms with E-state index >= 15 is 0 Å². The van der Waals surface area contributed by atoms with E-state index in [1.54, 1.807) is 55.5 Å². The van der Waals surface area contributed by atoms with Gasteiger partial charge in [-0.2, -0.15) is 0 Å². The minimum absolute atomic E-state index is 0.142. The van der Waals surface area contributed by atoms with E-state index < -0.39 is 11.9 Å². The third kappa shape index (κ3) is 5.85. The highest BCUT2D eigenvalue weighted by Crippen LogP contribution is 2.22. The Morgan fingerprint density at radius 1 is 0.733 bits per heavy atom. The third-order valence-corrected chi connectivity index (χ3v) is 4.02. The summed E-state index contributed by atoms with van der Waals surface area (Å²) in [6.45, 7) is 2.63. The molecular formula is C24H22O6. The summed E-state index contributed by atoms with van der Waals surface area (Å²) in [5.41, 5.74) is 0.494. The first kappa shape index (κ1) is 20.9. The summed E-state index contributed by atoms with van der Waals surface area (Å²) >= 11 is 0. The second kappa shape index (κ2) is 10.7. The molecule has 0 N–H and O–H groups in total. The first-order valence-corrected chi connectivity index (χ1v) is 9.56. The Hall–Kier alpha value is -3.80. The Morgan fingerprint density at radius 2 is 1.40 bits per heavy atom. The predicted octanol–water partition coefficient (Wildman–Crippen LogP) is 4.54. The van der Waals surface area contributed by atoms with Crippen molar-refractivity contribution in [1.29, 1.82) is 0 Å². The van der Waals surface area contributed by atoms with Crippen LogP contribution in [0.25, 0.3) is 0 Å². The van der Waals surface area contributed by atoms with Gasteiger partial charge in [0.15, 0.2) is 0 Å². The van der Waals surface area contributed by atoms with E-state index in [0.717, 1.165) is 5.75 Å². The summed E-state index contributed by atoms with van der Waals surface area (Å²) in [5, 5.41) is 0. The van der Waals surface area contributed by atoms with Crippen LogP contribution in [0.3, 0.4) is 0 Å². The van der Waals surface area contributed by atoms with Crippen molar-refractivity contribution in [1.82, 2.24) is 0 Å². The van der Waals surface area contributed by atoms with E-state index in [-0.39, 0.29) is 17.9 Å². The first-order valence-electron chi connectivity index (χ1n) is 9.56. The van der Waals surface area contributed by atoms with Crippen molar-refractivity contribution in [2.45, 2.75) is 6.92 Å². The van der Waals surface area contributed by atoms with Crippen molar-refractivity contribution < 1.29 is 28.5 Å². The number of ether oxygens (including phenoxy) is 4. The molecule has 0 bridgehead atoms. The third-order valence-electron chi connectivity index (χ3n) is 4.02. The van der Waals surface area contributed by atoms with E-state index in [4.69, 9.17) is 18.9 Å². The standard InChI is InChI=1S/C24H22O6/c1-2-27-24(26)21-13-6-7-14-22(21)30-23(25)18-9-8-12-20(17-18)29-16-15-28-19-10-4-3-5-11-19/h3-14,17H,2,15-16H2,1H3. The first-order chi connectivity index (χ1) is 14.7. The molecule has 0 aliphatic carbocycles. The van der Waals surface area contributed by atoms with Gasteiger partial charge in [-0.15, -0.1) is 0 Å². The van der Waals surface area contributed by atoms with Crippen LogP contribution in [0.15, 0.2) is 78.9 Å². The maximum Gasteiger partial charge on any atom is 0.343 e. The van der Waals surface area contributed by atoms with E-state index in [2.05, 4.69) is 0 Å². The Morgan fingerprint density at radius 3 is 2.17 bits per heavy atom. The fourth-order valence-corrected chi connectivity index (χ4v) is 2.64. The zero-order chi connectivity index (χ0) is 21.2. The number of carbonyl (C=O) groups excluding carboxylic acids is 2. The lowest BCUT2D eigenvalue weighted by Gasteiger charge is -2.11. The van der Waals surface area contributed by atoms with Gasteiger partial charge in [0.25, 0.3) is 0 Å². The molecule has 0 aliphatic heterocycles. The molecule has 0 unspecified atom stereocenters. The lowest BCUT2D eigenvalue weighted by atomic mass is 10.2. The van der Waals surface area contributed by atoms with Gasteiger partial charge in [0.05, 0.1) is 12.2 Å². The maximum atomic E-state index is 12.6. The zero-order valence-electron chi connectivity index (χ0n) is 16.6. The minimum Gasteiger partial charge on any atom is -0.490 e. The van der Waals surface area contributed by atoms with Gasteiger partial charge in [-0.05, 0) is 49.4 Å². The Balaban J connectivity index is 1.59. The molecule has 0 amide bonds. The van der Waals surface area contributed by atoms with Gasteiger partial charge in [0.1, 0.15) is 36.0 Å². The van der Waals surface area contributed by atoms with Gasteiger partial charge in [0.2, 0.25) is 0 Å². The molecule has 0 fully saturated rings. The fraction of sp³-hybridized carbons (Fsp3) is 0.167. The minimum atomic E-state index is -0.599. The number of benzene rings is 3. The molecule has 6 nitrogen and oxygen atoms in total. The number of hydrogen-bond acceptors (Lipinski definition) is 6. The number of para-hydroxylation sites is 2. The Kier molecular flexibility index (Phi) is 7.44. The number of carbonyl (C=O) groups is 2. The van der Waals surface area contributed by atoms with Gasteiger partial charge < -0.3 is 18.9 Å². The summed E-state index contributed by atoms with van der Waals surface area (Å²) in [4.78, 5) is 24.6. The van der Waals surface area contributed by atoms with E-state index in [1.165, 1.54) is 0 Å². The molecular weight excluding hydrogens is 384 g/mol. The lowest BCUT2D eigenvalue weighted by Crippen LogP contribution is -2.13. The van der Waals surface area contributed by atoms with E-state index in [0.29, 0.717) is 24.5 Å². The van der Waals surface area contributed by atoms with Crippen LogP contribution in [0.1, 0.15) is 27.6 Å². The smallest absolute Gasteiger partial charge is 0.343 e. The van der Waals surface area contributed by atoms with Crippen LogP contribution in [0, 0.1) is 0 Å². The summed E-state index contributed by atoms with van der Waals surface area (Å²) < 4.78 is 21.7. The Labute approximate surface area is 175 Å². The zero-order valence-corrected chi connectivity index (χ0v) is 16.6. The van der Waals surface area contributed by atoms with Crippen LogP contribution in [-0.2, 0) is 4.74 Å². The second-order valence-corrected chi connectivity index (χ2v) is 6.14. The van der Waals surface area contributed by atoms with Crippen molar-refractivity contribution in [2.75, 3.05) is 19.8 Å². The van der Waals surface area contributed by atoms with Crippen molar-refractivity contribution in [3.05, 3.63) is 90.0 Å². The highest BCUT2D eigenvalue weighted by molar-refractivity contribution is 5.96. The fourth-order valence-electron chi connectivity index (χ4n) is 2.64. The topological polar surface area (TPSA) is 71.1 Å². The largest absolute Gasteiger partial charge is 0.490 e. The normalized spacial score (nSPS) is 10.2. The molecule has 0 saturated carbocycles. The molecule has 0 radical (unpaired) electrons. The van der Waals surface area contributed by atoms with Crippen molar-refractivity contribution in [2.24, 2.45) is 0 Å². The molecule has 0 aromatic heterocycles. The molecule has 30 heavy (non-hydrogen) atoms. The molecule has 6 heteroatoms. The quantitative estimate of drug-likeness (QED) is 0.295. The molecule has 0 spiro atoms. The summed E-state index contributed by atoms with van der Waals surface area (Å²) in [6, 6.07) is 22.5. The van der Waals surface area contributed by atoms with Gasteiger partial charge in [-0.25, -0.2) is 9.59 Å². The second-order valence-electron chi connectivity index (χ2n) is 6.14. The van der Waals surface area contributed by atoms with Gasteiger partial charge in [-0.1, -0.05) is 36.4 Å². The summed E-state index contributed by atoms with van der Waals surface area (Å²) in [5.74, 6) is 0.274. The molecule has 3 rings (SSSR count). The van der Waals surface area contributed by atoms with Crippen LogP contribution >= 0.6 is 0 Å². The van der Waals surface area contributed by atoms with Crippen LogP contribution in [-0.4, -0.2) is 31.8 Å². The summed E-state index contributed by atoms with van der Waals surface area (Å²) in [6.07, 6.45) is 0. The monoisotopic (exact) mass is 406 g/mol. The van der Waals surface area contributed by atoms with Crippen LogP contribution < -0.4 is 14.2 Å². The number of rotatable bonds is 9. The highest BCUT2D eigenvalue weighted by atomic mass is 16.5. The molecule has 0 atom stereocenters.